The van der Waals surface area contributed by atoms with Crippen LogP contribution in [0.5, 0.6) is 5.75 Å². The maximum absolute atomic E-state index is 12.2. The Balaban J connectivity index is 1.72. The molecule has 0 bridgehead atoms. The number of ether oxygens (including phenoxy) is 2. The van der Waals surface area contributed by atoms with Gasteiger partial charge in [0.1, 0.15) is 18.8 Å². The fourth-order valence-electron chi connectivity index (χ4n) is 2.37. The Bertz CT molecular complexity index is 419. The highest BCUT2D eigenvalue weighted by Crippen LogP contribution is 2.12. The van der Waals surface area contributed by atoms with Gasteiger partial charge in [-0.3, -0.25) is 4.79 Å². The summed E-state index contributed by atoms with van der Waals surface area (Å²) in [6, 6.07) is 9.48. The van der Waals surface area contributed by atoms with E-state index in [0.717, 1.165) is 38.6 Å². The van der Waals surface area contributed by atoms with Crippen molar-refractivity contribution in [3.8, 4) is 5.75 Å². The highest BCUT2D eigenvalue weighted by Gasteiger charge is 2.19. The molecule has 21 heavy (non-hydrogen) atoms. The quantitative estimate of drug-likeness (QED) is 0.737. The minimum absolute atomic E-state index is 0.0333. The van der Waals surface area contributed by atoms with Gasteiger partial charge in [-0.1, -0.05) is 25.1 Å². The number of hydrogen-bond acceptors (Lipinski definition) is 3. The molecule has 1 amide bonds. The molecule has 0 aliphatic carbocycles. The fraction of sp³-hybridized carbons (Fsp3) is 0.562. The van der Waals surface area contributed by atoms with E-state index in [-0.39, 0.29) is 5.91 Å². The summed E-state index contributed by atoms with van der Waals surface area (Å²) in [6.07, 6.45) is 0.234. The molecule has 5 nitrogen and oxygen atoms in total. The molecule has 5 heteroatoms. The number of hydrogen-bond donors (Lipinski definition) is 2. The summed E-state index contributed by atoms with van der Waals surface area (Å²) in [5.74, 6) is 0.701. The van der Waals surface area contributed by atoms with Crippen LogP contribution in [0.2, 0.25) is 0 Å². The second-order valence-corrected chi connectivity index (χ2v) is 5.23. The van der Waals surface area contributed by atoms with Crippen molar-refractivity contribution >= 4 is 5.91 Å². The Morgan fingerprint density at radius 3 is 2.71 bits per heavy atom. The van der Waals surface area contributed by atoms with E-state index in [1.54, 1.807) is 0 Å². The zero-order chi connectivity index (χ0) is 14.9. The van der Waals surface area contributed by atoms with E-state index in [1.165, 1.54) is 4.90 Å². The first-order valence-electron chi connectivity index (χ1n) is 7.70. The number of carbonyl (C=O) groups excluding carboxylic acids is 1. The van der Waals surface area contributed by atoms with Crippen molar-refractivity contribution < 1.29 is 19.2 Å². The molecule has 1 aliphatic heterocycles. The van der Waals surface area contributed by atoms with Crippen LogP contribution in [0.4, 0.5) is 0 Å². The summed E-state index contributed by atoms with van der Waals surface area (Å²) in [4.78, 5) is 13.6. The van der Waals surface area contributed by atoms with Crippen molar-refractivity contribution in [3.63, 3.8) is 0 Å². The minimum Gasteiger partial charge on any atom is -0.481 e. The van der Waals surface area contributed by atoms with E-state index in [4.69, 9.17) is 9.47 Å². The van der Waals surface area contributed by atoms with Gasteiger partial charge in [0.15, 0.2) is 6.10 Å². The van der Waals surface area contributed by atoms with E-state index >= 15 is 0 Å². The first-order valence-corrected chi connectivity index (χ1v) is 7.70. The molecule has 1 aromatic carbocycles. The zero-order valence-corrected chi connectivity index (χ0v) is 12.6. The molecule has 1 aliphatic rings. The third-order valence-electron chi connectivity index (χ3n) is 3.66. The third kappa shape index (κ3) is 5.36. The number of morpholine rings is 1. The van der Waals surface area contributed by atoms with E-state index in [9.17, 15) is 4.79 Å². The molecule has 1 heterocycles. The molecule has 0 spiro atoms. The standard InChI is InChI=1S/C16H24N2O3/c1-2-15(21-14-6-4-3-5-7-14)16(19)17-8-9-18-10-12-20-13-11-18/h3-7,15H,2,8-13H2,1H3,(H,17,19)/p+1/t15-/m0/s1. The number of rotatable bonds is 7. The summed E-state index contributed by atoms with van der Waals surface area (Å²) >= 11 is 0. The second-order valence-electron chi connectivity index (χ2n) is 5.23. The average molecular weight is 293 g/mol. The van der Waals surface area contributed by atoms with Crippen LogP contribution in [0.25, 0.3) is 0 Å². The first-order chi connectivity index (χ1) is 10.3. The van der Waals surface area contributed by atoms with Crippen molar-refractivity contribution in [1.29, 1.82) is 0 Å². The molecular formula is C16H25N2O3+. The van der Waals surface area contributed by atoms with E-state index in [1.807, 2.05) is 37.3 Å². The van der Waals surface area contributed by atoms with E-state index < -0.39 is 6.10 Å². The normalized spacial score (nSPS) is 17.2. The Kier molecular flexibility index (Phi) is 6.50. The monoisotopic (exact) mass is 293 g/mol. The largest absolute Gasteiger partial charge is 0.481 e. The predicted octanol–water partition coefficient (Wildman–Crippen LogP) is -0.125. The first kappa shape index (κ1) is 15.8. The van der Waals surface area contributed by atoms with Crippen LogP contribution in [-0.2, 0) is 9.53 Å². The number of para-hydroxylation sites is 1. The van der Waals surface area contributed by atoms with Gasteiger partial charge in [0.2, 0.25) is 0 Å². The fourth-order valence-corrected chi connectivity index (χ4v) is 2.37. The van der Waals surface area contributed by atoms with Crippen LogP contribution in [0.15, 0.2) is 30.3 Å². The zero-order valence-electron chi connectivity index (χ0n) is 12.6. The van der Waals surface area contributed by atoms with Crippen LogP contribution in [0.1, 0.15) is 13.3 Å². The lowest BCUT2D eigenvalue weighted by Crippen LogP contribution is -3.14. The van der Waals surface area contributed by atoms with Crippen LogP contribution < -0.4 is 15.0 Å². The molecule has 1 fully saturated rings. The van der Waals surface area contributed by atoms with E-state index in [2.05, 4.69) is 5.32 Å². The lowest BCUT2D eigenvalue weighted by atomic mass is 10.2. The molecule has 0 saturated carbocycles. The van der Waals surface area contributed by atoms with Gasteiger partial charge < -0.3 is 19.7 Å². The van der Waals surface area contributed by atoms with Gasteiger partial charge in [-0.2, -0.15) is 0 Å². The van der Waals surface area contributed by atoms with Crippen LogP contribution in [0.3, 0.4) is 0 Å². The van der Waals surface area contributed by atoms with Gasteiger partial charge >= 0.3 is 0 Å². The van der Waals surface area contributed by atoms with Crippen LogP contribution >= 0.6 is 0 Å². The van der Waals surface area contributed by atoms with Gasteiger partial charge in [0.25, 0.3) is 5.91 Å². The summed E-state index contributed by atoms with van der Waals surface area (Å²) in [7, 11) is 0. The van der Waals surface area contributed by atoms with E-state index in [0.29, 0.717) is 13.0 Å². The van der Waals surface area contributed by atoms with Gasteiger partial charge in [-0.05, 0) is 18.6 Å². The number of carbonyl (C=O) groups is 1. The predicted molar refractivity (Wildman–Crippen MR) is 80.5 cm³/mol. The molecule has 116 valence electrons. The van der Waals surface area contributed by atoms with Gasteiger partial charge in [-0.25, -0.2) is 0 Å². The molecule has 0 radical (unpaired) electrons. The molecule has 1 saturated heterocycles. The third-order valence-corrected chi connectivity index (χ3v) is 3.66. The molecule has 2 N–H and O–H groups in total. The number of benzene rings is 1. The second kappa shape index (κ2) is 8.64. The lowest BCUT2D eigenvalue weighted by Gasteiger charge is -2.24. The van der Waals surface area contributed by atoms with Gasteiger partial charge in [0.05, 0.1) is 26.3 Å². The Morgan fingerprint density at radius 2 is 2.05 bits per heavy atom. The molecule has 1 aromatic rings. The summed E-state index contributed by atoms with van der Waals surface area (Å²) in [6.45, 7) is 7.26. The SMILES string of the molecule is CC[C@H](Oc1ccccc1)C(=O)NCC[NH+]1CCOCC1. The maximum Gasteiger partial charge on any atom is 0.261 e. The Morgan fingerprint density at radius 1 is 1.33 bits per heavy atom. The summed E-state index contributed by atoms with van der Waals surface area (Å²) in [5, 5.41) is 2.98. The van der Waals surface area contributed by atoms with Gasteiger partial charge in [-0.15, -0.1) is 0 Å². The smallest absolute Gasteiger partial charge is 0.261 e. The molecule has 0 aromatic heterocycles. The van der Waals surface area contributed by atoms with Crippen LogP contribution in [-0.4, -0.2) is 51.4 Å². The van der Waals surface area contributed by atoms with Crippen molar-refractivity contribution in [3.05, 3.63) is 30.3 Å². The Hall–Kier alpha value is -1.59. The summed E-state index contributed by atoms with van der Waals surface area (Å²) < 4.78 is 11.1. The number of nitrogens with one attached hydrogen (secondary N) is 2. The highest BCUT2D eigenvalue weighted by atomic mass is 16.5. The molecular weight excluding hydrogens is 268 g/mol. The van der Waals surface area contributed by atoms with Crippen molar-refractivity contribution in [1.82, 2.24) is 5.32 Å². The molecule has 2 rings (SSSR count). The summed E-state index contributed by atoms with van der Waals surface area (Å²) in [5.41, 5.74) is 0. The molecule has 0 unspecified atom stereocenters. The van der Waals surface area contributed by atoms with Crippen molar-refractivity contribution in [2.24, 2.45) is 0 Å². The molecule has 1 atom stereocenters. The average Bonchev–Trinajstić information content (AvgIpc) is 2.54. The topological polar surface area (TPSA) is 52.0 Å². The highest BCUT2D eigenvalue weighted by molar-refractivity contribution is 5.81. The number of amides is 1. The van der Waals surface area contributed by atoms with Crippen molar-refractivity contribution in [2.75, 3.05) is 39.4 Å². The minimum atomic E-state index is -0.424. The number of quaternary nitrogens is 1. The Labute approximate surface area is 126 Å². The maximum atomic E-state index is 12.2. The van der Waals surface area contributed by atoms with Crippen molar-refractivity contribution in [2.45, 2.75) is 19.4 Å². The lowest BCUT2D eigenvalue weighted by molar-refractivity contribution is -0.906. The van der Waals surface area contributed by atoms with Gasteiger partial charge in [0, 0.05) is 0 Å². The van der Waals surface area contributed by atoms with Crippen LogP contribution in [0, 0.1) is 0 Å².